The lowest BCUT2D eigenvalue weighted by Crippen LogP contribution is -2.04. The van der Waals surface area contributed by atoms with E-state index in [9.17, 15) is 4.79 Å². The van der Waals surface area contributed by atoms with Crippen LogP contribution in [0.4, 0.5) is 0 Å². The summed E-state index contributed by atoms with van der Waals surface area (Å²) >= 11 is 0. The van der Waals surface area contributed by atoms with Gasteiger partial charge in [0, 0.05) is 11.6 Å². The number of allylic oxidation sites excluding steroid dienone is 2. The number of para-hydroxylation sites is 1. The zero-order chi connectivity index (χ0) is 12.8. The Morgan fingerprint density at radius 2 is 2.06 bits per heavy atom. The molecule has 0 saturated carbocycles. The van der Waals surface area contributed by atoms with Crippen LogP contribution in [0.15, 0.2) is 48.7 Å². The van der Waals surface area contributed by atoms with E-state index in [4.69, 9.17) is 0 Å². The summed E-state index contributed by atoms with van der Waals surface area (Å²) in [7, 11) is 0. The Kier molecular flexibility index (Phi) is 4.35. The molecule has 1 heterocycles. The molecule has 0 aliphatic rings. The highest BCUT2D eigenvalue weighted by Gasteiger charge is 2.04. The summed E-state index contributed by atoms with van der Waals surface area (Å²) in [6.07, 6.45) is 10.1. The highest BCUT2D eigenvalue weighted by atomic mass is 16.1. The van der Waals surface area contributed by atoms with Crippen LogP contribution in [0.1, 0.15) is 37.4 Å². The third-order valence-electron chi connectivity index (χ3n) is 3.07. The summed E-state index contributed by atoms with van der Waals surface area (Å²) in [5.41, 5.74) is 0.973. The van der Waals surface area contributed by atoms with Gasteiger partial charge < -0.3 is 0 Å². The molecule has 94 valence electrons. The van der Waals surface area contributed by atoms with E-state index in [0.717, 1.165) is 23.7 Å². The van der Waals surface area contributed by atoms with Gasteiger partial charge in [0.15, 0.2) is 0 Å². The van der Waals surface area contributed by atoms with Crippen LogP contribution >= 0.6 is 0 Å². The monoisotopic (exact) mass is 241 g/mol. The van der Waals surface area contributed by atoms with Crippen LogP contribution in [-0.4, -0.2) is 10.5 Å². The molecule has 1 aromatic heterocycles. The summed E-state index contributed by atoms with van der Waals surface area (Å²) in [5.74, 6) is 0.0349. The molecule has 0 unspecified atom stereocenters. The van der Waals surface area contributed by atoms with Crippen LogP contribution in [0.2, 0.25) is 0 Å². The second-order valence-electron chi connectivity index (χ2n) is 4.48. The van der Waals surface area contributed by atoms with Gasteiger partial charge in [-0.15, -0.1) is 0 Å². The van der Waals surface area contributed by atoms with Gasteiger partial charge in [-0.3, -0.25) is 9.36 Å². The fourth-order valence-electron chi connectivity index (χ4n) is 2.05. The summed E-state index contributed by atoms with van der Waals surface area (Å²) in [4.78, 5) is 12.0. The Hall–Kier alpha value is -1.83. The van der Waals surface area contributed by atoms with Crippen LogP contribution in [0.25, 0.3) is 10.9 Å². The van der Waals surface area contributed by atoms with Crippen molar-refractivity contribution in [2.24, 2.45) is 0 Å². The maximum absolute atomic E-state index is 12.0. The van der Waals surface area contributed by atoms with Crippen molar-refractivity contribution in [3.05, 3.63) is 48.7 Å². The molecule has 0 aliphatic heterocycles. The van der Waals surface area contributed by atoms with E-state index in [1.807, 2.05) is 42.6 Å². The number of fused-ring (bicyclic) bond motifs is 1. The molecule has 0 amide bonds. The van der Waals surface area contributed by atoms with Crippen molar-refractivity contribution >= 4 is 16.8 Å². The van der Waals surface area contributed by atoms with Crippen LogP contribution in [0, 0.1) is 0 Å². The van der Waals surface area contributed by atoms with E-state index in [1.165, 1.54) is 12.8 Å². The number of carbonyl (C=O) groups excluding carboxylic acids is 1. The average molecular weight is 241 g/mol. The zero-order valence-corrected chi connectivity index (χ0v) is 10.8. The fourth-order valence-corrected chi connectivity index (χ4v) is 2.05. The minimum Gasteiger partial charge on any atom is -0.284 e. The van der Waals surface area contributed by atoms with Gasteiger partial charge in [0.25, 0.3) is 5.91 Å². The molecule has 2 heteroatoms. The third kappa shape index (κ3) is 2.89. The molecular weight excluding hydrogens is 222 g/mol. The number of nitrogens with zero attached hydrogens (tertiary/aromatic N) is 1. The van der Waals surface area contributed by atoms with E-state index in [-0.39, 0.29) is 5.91 Å². The molecule has 18 heavy (non-hydrogen) atoms. The Balaban J connectivity index is 2.05. The first-order valence-electron chi connectivity index (χ1n) is 6.60. The molecule has 2 aromatic rings. The number of hydrogen-bond donors (Lipinski definition) is 0. The standard InChI is InChI=1S/C16H19NO/c1-2-3-4-5-6-11-16(18)17-13-12-14-9-7-8-10-15(14)17/h6-13H,2-5H2,1H3/b11-6+. The van der Waals surface area contributed by atoms with Crippen molar-refractivity contribution < 1.29 is 4.79 Å². The van der Waals surface area contributed by atoms with Gasteiger partial charge in [-0.25, -0.2) is 0 Å². The number of rotatable bonds is 5. The average Bonchev–Trinajstić information content (AvgIpc) is 2.82. The van der Waals surface area contributed by atoms with Crippen LogP contribution < -0.4 is 0 Å². The molecule has 0 N–H and O–H groups in total. The largest absolute Gasteiger partial charge is 0.284 e. The molecule has 0 aliphatic carbocycles. The normalized spacial score (nSPS) is 11.4. The van der Waals surface area contributed by atoms with E-state index in [2.05, 4.69) is 6.92 Å². The number of hydrogen-bond acceptors (Lipinski definition) is 1. The predicted octanol–water partition coefficient (Wildman–Crippen LogP) is 4.42. The molecule has 0 spiro atoms. The molecule has 0 saturated heterocycles. The second kappa shape index (κ2) is 6.20. The number of carbonyl (C=O) groups is 1. The van der Waals surface area contributed by atoms with Crippen LogP contribution in [-0.2, 0) is 0 Å². The third-order valence-corrected chi connectivity index (χ3v) is 3.07. The quantitative estimate of drug-likeness (QED) is 0.561. The highest BCUT2D eigenvalue weighted by Crippen LogP contribution is 2.15. The molecular formula is C16H19NO. The minimum absolute atomic E-state index is 0.0349. The lowest BCUT2D eigenvalue weighted by Gasteiger charge is -1.99. The van der Waals surface area contributed by atoms with E-state index < -0.39 is 0 Å². The SMILES string of the molecule is CCCCC/C=C/C(=O)n1ccc2ccccc21. The molecule has 0 bridgehead atoms. The van der Waals surface area contributed by atoms with Gasteiger partial charge in [0.05, 0.1) is 5.52 Å². The van der Waals surface area contributed by atoms with Crippen molar-refractivity contribution in [1.82, 2.24) is 4.57 Å². The first-order chi connectivity index (χ1) is 8.83. The summed E-state index contributed by atoms with van der Waals surface area (Å²) in [6.45, 7) is 2.18. The number of unbranched alkanes of at least 4 members (excludes halogenated alkanes) is 3. The van der Waals surface area contributed by atoms with Gasteiger partial charge in [-0.2, -0.15) is 0 Å². The van der Waals surface area contributed by atoms with E-state index in [1.54, 1.807) is 10.6 Å². The molecule has 0 atom stereocenters. The fraction of sp³-hybridized carbons (Fsp3) is 0.312. The minimum atomic E-state index is 0.0349. The zero-order valence-electron chi connectivity index (χ0n) is 10.8. The van der Waals surface area contributed by atoms with Gasteiger partial charge in [-0.05, 0) is 31.1 Å². The van der Waals surface area contributed by atoms with Gasteiger partial charge in [0.1, 0.15) is 0 Å². The number of aromatic nitrogens is 1. The summed E-state index contributed by atoms with van der Waals surface area (Å²) < 4.78 is 1.70. The van der Waals surface area contributed by atoms with Gasteiger partial charge in [0.2, 0.25) is 0 Å². The maximum Gasteiger partial charge on any atom is 0.254 e. The Morgan fingerprint density at radius 3 is 2.89 bits per heavy atom. The van der Waals surface area contributed by atoms with Crippen molar-refractivity contribution in [2.75, 3.05) is 0 Å². The first-order valence-corrected chi connectivity index (χ1v) is 6.60. The lowest BCUT2D eigenvalue weighted by molar-refractivity contribution is 0.0973. The predicted molar refractivity (Wildman–Crippen MR) is 75.8 cm³/mol. The topological polar surface area (TPSA) is 22.0 Å². The van der Waals surface area contributed by atoms with E-state index >= 15 is 0 Å². The van der Waals surface area contributed by atoms with Crippen molar-refractivity contribution in [2.45, 2.75) is 32.6 Å². The molecule has 0 radical (unpaired) electrons. The first kappa shape index (κ1) is 12.6. The maximum atomic E-state index is 12.0. The van der Waals surface area contributed by atoms with Gasteiger partial charge >= 0.3 is 0 Å². The Bertz CT molecular complexity index is 551. The second-order valence-corrected chi connectivity index (χ2v) is 4.48. The van der Waals surface area contributed by atoms with E-state index in [0.29, 0.717) is 0 Å². The molecule has 2 rings (SSSR count). The van der Waals surface area contributed by atoms with Crippen molar-refractivity contribution in [3.63, 3.8) is 0 Å². The Morgan fingerprint density at radius 1 is 1.22 bits per heavy atom. The molecule has 1 aromatic carbocycles. The number of benzene rings is 1. The van der Waals surface area contributed by atoms with Crippen molar-refractivity contribution in [1.29, 1.82) is 0 Å². The summed E-state index contributed by atoms with van der Waals surface area (Å²) in [5, 5.41) is 1.10. The summed E-state index contributed by atoms with van der Waals surface area (Å²) in [6, 6.07) is 9.90. The molecule has 0 fully saturated rings. The smallest absolute Gasteiger partial charge is 0.254 e. The lowest BCUT2D eigenvalue weighted by atomic mass is 10.2. The highest BCUT2D eigenvalue weighted by molar-refractivity contribution is 5.98. The Labute approximate surface area is 108 Å². The van der Waals surface area contributed by atoms with Crippen LogP contribution in [0.3, 0.4) is 0 Å². The molecule has 2 nitrogen and oxygen atoms in total. The van der Waals surface area contributed by atoms with Crippen LogP contribution in [0.5, 0.6) is 0 Å². The van der Waals surface area contributed by atoms with Crippen molar-refractivity contribution in [3.8, 4) is 0 Å². The van der Waals surface area contributed by atoms with Gasteiger partial charge in [-0.1, -0.05) is 44.0 Å².